The molecule has 0 bridgehead atoms. The van der Waals surface area contributed by atoms with Gasteiger partial charge in [-0.2, -0.15) is 0 Å². The van der Waals surface area contributed by atoms with Gasteiger partial charge in [-0.3, -0.25) is 4.79 Å². The van der Waals surface area contributed by atoms with Gasteiger partial charge in [-0.15, -0.1) is 0 Å². The van der Waals surface area contributed by atoms with Crippen LogP contribution in [-0.2, 0) is 9.53 Å². The van der Waals surface area contributed by atoms with Crippen molar-refractivity contribution in [1.29, 1.82) is 0 Å². The van der Waals surface area contributed by atoms with Gasteiger partial charge in [0.2, 0.25) is 5.91 Å². The SMILES string of the molecule is CC1CCC(NC(=O)CC2COCCN2)C1. The average Bonchev–Trinajstić information content (AvgIpc) is 2.65. The van der Waals surface area contributed by atoms with E-state index in [0.717, 1.165) is 31.9 Å². The number of morpholine rings is 1. The number of hydrogen-bond acceptors (Lipinski definition) is 3. The first kappa shape index (κ1) is 11.9. The zero-order valence-corrected chi connectivity index (χ0v) is 10.00. The molecule has 1 aliphatic carbocycles. The lowest BCUT2D eigenvalue weighted by Crippen LogP contribution is -2.45. The summed E-state index contributed by atoms with van der Waals surface area (Å²) >= 11 is 0. The Balaban J connectivity index is 1.67. The lowest BCUT2D eigenvalue weighted by Gasteiger charge is -2.24. The van der Waals surface area contributed by atoms with Crippen molar-refractivity contribution < 1.29 is 9.53 Å². The molecule has 92 valence electrons. The van der Waals surface area contributed by atoms with Gasteiger partial charge in [0.1, 0.15) is 0 Å². The average molecular weight is 226 g/mol. The van der Waals surface area contributed by atoms with Gasteiger partial charge < -0.3 is 15.4 Å². The van der Waals surface area contributed by atoms with Crippen LogP contribution in [0.3, 0.4) is 0 Å². The number of amides is 1. The second-order valence-electron chi connectivity index (χ2n) is 5.11. The number of ether oxygens (including phenoxy) is 1. The van der Waals surface area contributed by atoms with Crippen molar-refractivity contribution >= 4 is 5.91 Å². The third-order valence-corrected chi connectivity index (χ3v) is 3.49. The minimum atomic E-state index is 0.169. The fourth-order valence-corrected chi connectivity index (χ4v) is 2.60. The molecule has 3 unspecified atom stereocenters. The minimum absolute atomic E-state index is 0.169. The summed E-state index contributed by atoms with van der Waals surface area (Å²) in [5.74, 6) is 0.934. The first-order valence-corrected chi connectivity index (χ1v) is 6.34. The van der Waals surface area contributed by atoms with E-state index in [1.54, 1.807) is 0 Å². The van der Waals surface area contributed by atoms with Crippen LogP contribution in [0.4, 0.5) is 0 Å². The standard InChI is InChI=1S/C12H22N2O2/c1-9-2-3-10(6-9)14-12(15)7-11-8-16-5-4-13-11/h9-11,13H,2-8H2,1H3,(H,14,15). The van der Waals surface area contributed by atoms with Crippen LogP contribution in [-0.4, -0.2) is 37.7 Å². The van der Waals surface area contributed by atoms with Crippen LogP contribution in [0.5, 0.6) is 0 Å². The Morgan fingerprint density at radius 3 is 3.00 bits per heavy atom. The zero-order valence-electron chi connectivity index (χ0n) is 10.00. The molecule has 1 saturated heterocycles. The van der Waals surface area contributed by atoms with Crippen LogP contribution in [0.25, 0.3) is 0 Å². The number of nitrogens with one attached hydrogen (secondary N) is 2. The maximum atomic E-state index is 11.8. The van der Waals surface area contributed by atoms with E-state index in [4.69, 9.17) is 4.74 Å². The Labute approximate surface area is 97.1 Å². The van der Waals surface area contributed by atoms with Crippen molar-refractivity contribution in [3.63, 3.8) is 0 Å². The second kappa shape index (κ2) is 5.64. The molecule has 4 heteroatoms. The van der Waals surface area contributed by atoms with E-state index in [1.165, 1.54) is 6.42 Å². The first-order valence-electron chi connectivity index (χ1n) is 6.34. The quantitative estimate of drug-likeness (QED) is 0.743. The van der Waals surface area contributed by atoms with Crippen molar-refractivity contribution in [3.05, 3.63) is 0 Å². The van der Waals surface area contributed by atoms with E-state index >= 15 is 0 Å². The third-order valence-electron chi connectivity index (χ3n) is 3.49. The molecule has 0 aromatic rings. The van der Waals surface area contributed by atoms with Gasteiger partial charge in [0.25, 0.3) is 0 Å². The molecule has 16 heavy (non-hydrogen) atoms. The maximum absolute atomic E-state index is 11.8. The summed E-state index contributed by atoms with van der Waals surface area (Å²) in [7, 11) is 0. The Hall–Kier alpha value is -0.610. The molecule has 0 aromatic heterocycles. The van der Waals surface area contributed by atoms with Crippen LogP contribution in [0.2, 0.25) is 0 Å². The summed E-state index contributed by atoms with van der Waals surface area (Å²) in [6.07, 6.45) is 4.07. The Morgan fingerprint density at radius 1 is 1.50 bits per heavy atom. The molecule has 2 rings (SSSR count). The van der Waals surface area contributed by atoms with Gasteiger partial charge in [-0.25, -0.2) is 0 Å². The lowest BCUT2D eigenvalue weighted by molar-refractivity contribution is -0.122. The highest BCUT2D eigenvalue weighted by molar-refractivity contribution is 5.77. The Bertz CT molecular complexity index is 230. The largest absolute Gasteiger partial charge is 0.378 e. The fourth-order valence-electron chi connectivity index (χ4n) is 2.60. The second-order valence-corrected chi connectivity index (χ2v) is 5.11. The normalized spacial score (nSPS) is 34.9. The Kier molecular flexibility index (Phi) is 4.18. The molecule has 2 aliphatic rings. The molecule has 2 N–H and O–H groups in total. The number of carbonyl (C=O) groups is 1. The zero-order chi connectivity index (χ0) is 11.4. The van der Waals surface area contributed by atoms with Crippen LogP contribution >= 0.6 is 0 Å². The van der Waals surface area contributed by atoms with Crippen molar-refractivity contribution in [2.45, 2.75) is 44.7 Å². The Morgan fingerprint density at radius 2 is 2.38 bits per heavy atom. The molecule has 0 spiro atoms. The maximum Gasteiger partial charge on any atom is 0.221 e. The highest BCUT2D eigenvalue weighted by Gasteiger charge is 2.24. The molecule has 0 radical (unpaired) electrons. The lowest BCUT2D eigenvalue weighted by atomic mass is 10.1. The van der Waals surface area contributed by atoms with Gasteiger partial charge in [-0.05, 0) is 25.2 Å². The fraction of sp³-hybridized carbons (Fsp3) is 0.917. The summed E-state index contributed by atoms with van der Waals surface area (Å²) in [5.41, 5.74) is 0. The molecule has 3 atom stereocenters. The first-order chi connectivity index (χ1) is 7.74. The van der Waals surface area contributed by atoms with Gasteiger partial charge in [0, 0.05) is 25.0 Å². The molecule has 1 heterocycles. The van der Waals surface area contributed by atoms with Gasteiger partial charge >= 0.3 is 0 Å². The predicted molar refractivity (Wildman–Crippen MR) is 62.2 cm³/mol. The van der Waals surface area contributed by atoms with Crippen LogP contribution < -0.4 is 10.6 Å². The summed E-state index contributed by atoms with van der Waals surface area (Å²) < 4.78 is 5.33. The van der Waals surface area contributed by atoms with E-state index < -0.39 is 0 Å². The van der Waals surface area contributed by atoms with Gasteiger partial charge in [0.05, 0.1) is 13.2 Å². The summed E-state index contributed by atoms with van der Waals surface area (Å²) in [5, 5.41) is 6.42. The molecule has 1 aliphatic heterocycles. The number of rotatable bonds is 3. The van der Waals surface area contributed by atoms with E-state index in [9.17, 15) is 4.79 Å². The highest BCUT2D eigenvalue weighted by Crippen LogP contribution is 2.24. The molecule has 2 fully saturated rings. The van der Waals surface area contributed by atoms with E-state index in [1.807, 2.05) is 0 Å². The predicted octanol–water partition coefficient (Wildman–Crippen LogP) is 0.670. The van der Waals surface area contributed by atoms with Crippen LogP contribution in [0, 0.1) is 5.92 Å². The number of hydrogen-bond donors (Lipinski definition) is 2. The van der Waals surface area contributed by atoms with Gasteiger partial charge in [-0.1, -0.05) is 6.92 Å². The van der Waals surface area contributed by atoms with Crippen molar-refractivity contribution in [3.8, 4) is 0 Å². The molecule has 0 aromatic carbocycles. The smallest absolute Gasteiger partial charge is 0.221 e. The molecule has 1 amide bonds. The van der Waals surface area contributed by atoms with E-state index in [-0.39, 0.29) is 11.9 Å². The highest BCUT2D eigenvalue weighted by atomic mass is 16.5. The molecular weight excluding hydrogens is 204 g/mol. The molecule has 4 nitrogen and oxygen atoms in total. The monoisotopic (exact) mass is 226 g/mol. The van der Waals surface area contributed by atoms with Crippen molar-refractivity contribution in [2.24, 2.45) is 5.92 Å². The summed E-state index contributed by atoms with van der Waals surface area (Å²) in [4.78, 5) is 11.8. The van der Waals surface area contributed by atoms with E-state index in [2.05, 4.69) is 17.6 Å². The molecule has 1 saturated carbocycles. The van der Waals surface area contributed by atoms with Crippen molar-refractivity contribution in [1.82, 2.24) is 10.6 Å². The molecular formula is C12H22N2O2. The number of carbonyl (C=O) groups excluding carboxylic acids is 1. The third kappa shape index (κ3) is 3.46. The van der Waals surface area contributed by atoms with Crippen LogP contribution in [0.1, 0.15) is 32.6 Å². The summed E-state index contributed by atoms with van der Waals surface area (Å²) in [6, 6.07) is 0.611. The van der Waals surface area contributed by atoms with E-state index in [0.29, 0.717) is 19.1 Å². The van der Waals surface area contributed by atoms with Gasteiger partial charge in [0.15, 0.2) is 0 Å². The summed E-state index contributed by atoms with van der Waals surface area (Å²) in [6.45, 7) is 4.54. The minimum Gasteiger partial charge on any atom is -0.378 e. The van der Waals surface area contributed by atoms with Crippen LogP contribution in [0.15, 0.2) is 0 Å². The van der Waals surface area contributed by atoms with Crippen molar-refractivity contribution in [2.75, 3.05) is 19.8 Å². The topological polar surface area (TPSA) is 50.4 Å².